The molecular formula is C42H52N6O4S2+2. The maximum absolute atomic E-state index is 12.7. The molecule has 0 radical (unpaired) electrons. The molecule has 3 aromatic rings. The number of hydrogen-bond acceptors (Lipinski definition) is 8. The van der Waals surface area contributed by atoms with Crippen molar-refractivity contribution < 1.29 is 29.4 Å². The fourth-order valence-corrected chi connectivity index (χ4v) is 7.89. The van der Waals surface area contributed by atoms with E-state index in [9.17, 15) is 19.8 Å². The van der Waals surface area contributed by atoms with Gasteiger partial charge in [-0.15, -0.1) is 0 Å². The topological polar surface area (TPSA) is 123 Å². The number of aromatic nitrogens is 1. The monoisotopic (exact) mass is 768 g/mol. The van der Waals surface area contributed by atoms with Crippen LogP contribution in [0.2, 0.25) is 0 Å². The molecule has 2 saturated heterocycles. The van der Waals surface area contributed by atoms with Gasteiger partial charge in [-0.2, -0.15) is 4.57 Å². The molecule has 1 aromatic heterocycles. The van der Waals surface area contributed by atoms with Gasteiger partial charge in [0.05, 0.1) is 12.2 Å². The molecule has 0 bridgehead atoms. The van der Waals surface area contributed by atoms with Gasteiger partial charge in [0.15, 0.2) is 11.9 Å². The van der Waals surface area contributed by atoms with Gasteiger partial charge in [-0.1, -0.05) is 64.6 Å². The second kappa shape index (κ2) is 21.9. The van der Waals surface area contributed by atoms with Crippen molar-refractivity contribution in [3.05, 3.63) is 121 Å². The molecule has 2 unspecified atom stereocenters. The average molecular weight is 769 g/mol. The van der Waals surface area contributed by atoms with Crippen molar-refractivity contribution >= 4 is 68.7 Å². The van der Waals surface area contributed by atoms with Gasteiger partial charge in [0.1, 0.15) is 0 Å². The van der Waals surface area contributed by atoms with E-state index in [1.165, 1.54) is 0 Å². The summed E-state index contributed by atoms with van der Waals surface area (Å²) in [7, 11) is 3.33. The molecule has 284 valence electrons. The van der Waals surface area contributed by atoms with Crippen molar-refractivity contribution in [2.45, 2.75) is 31.6 Å². The number of β-amino-alcohol motifs (C(OH)–C–C–N with tert-alkyl or cyclic N) is 2. The summed E-state index contributed by atoms with van der Waals surface area (Å²) in [5.74, 6) is 1.37. The molecule has 5 N–H and O–H groups in total. The normalized spacial score (nSPS) is 17.6. The number of pyridine rings is 1. The van der Waals surface area contributed by atoms with Crippen LogP contribution in [0.25, 0.3) is 18.2 Å². The number of amides is 2. The van der Waals surface area contributed by atoms with Crippen molar-refractivity contribution in [3.8, 4) is 0 Å². The summed E-state index contributed by atoms with van der Waals surface area (Å²) in [5.41, 5.74) is 6.05. The minimum absolute atomic E-state index is 0.0470. The number of nitrogens with zero attached hydrogens (tertiary/aromatic N) is 3. The molecule has 3 heterocycles. The number of benzene rings is 2. The summed E-state index contributed by atoms with van der Waals surface area (Å²) in [5, 5.41) is 25.6. The number of nitrogens with one attached hydrogen (secondary N) is 3. The number of aliphatic hydroxyl groups is 2. The van der Waals surface area contributed by atoms with E-state index in [0.717, 1.165) is 71.3 Å². The van der Waals surface area contributed by atoms with Crippen LogP contribution >= 0.6 is 21.6 Å². The lowest BCUT2D eigenvalue weighted by Crippen LogP contribution is -2.75. The van der Waals surface area contributed by atoms with E-state index in [1.807, 2.05) is 77.6 Å². The maximum Gasteiger partial charge on any atom is 0.286 e. The fraction of sp³-hybridized carbons (Fsp3) is 0.333. The van der Waals surface area contributed by atoms with Crippen LogP contribution in [0.15, 0.2) is 104 Å². The lowest BCUT2D eigenvalue weighted by molar-refractivity contribution is -0.686. The van der Waals surface area contributed by atoms with Gasteiger partial charge in [0.25, 0.3) is 11.8 Å². The van der Waals surface area contributed by atoms with Gasteiger partial charge in [0, 0.05) is 92.5 Å². The van der Waals surface area contributed by atoms with Crippen LogP contribution in [-0.2, 0) is 16.1 Å². The second-order valence-corrected chi connectivity index (χ2v) is 15.8. The number of anilines is 2. The van der Waals surface area contributed by atoms with E-state index < -0.39 is 0 Å². The van der Waals surface area contributed by atoms with Crippen molar-refractivity contribution in [1.29, 1.82) is 0 Å². The first-order valence-electron chi connectivity index (χ1n) is 18.4. The molecule has 2 amide bonds. The molecule has 2 atom stereocenters. The highest BCUT2D eigenvalue weighted by atomic mass is 33.1. The zero-order chi connectivity index (χ0) is 38.0. The fourth-order valence-electron chi connectivity index (χ4n) is 6.08. The summed E-state index contributed by atoms with van der Waals surface area (Å²) in [6.07, 6.45) is 16.4. The van der Waals surface area contributed by atoms with Crippen LogP contribution in [0.3, 0.4) is 0 Å². The van der Waals surface area contributed by atoms with Gasteiger partial charge in [0.2, 0.25) is 18.8 Å². The summed E-state index contributed by atoms with van der Waals surface area (Å²) in [6.45, 7) is 8.31. The number of carbonyl (C=O) groups excluding carboxylic acids is 2. The summed E-state index contributed by atoms with van der Waals surface area (Å²) in [4.78, 5) is 32.8. The zero-order valence-electron chi connectivity index (χ0n) is 30.7. The smallest absolute Gasteiger partial charge is 0.286 e. The van der Waals surface area contributed by atoms with Gasteiger partial charge < -0.3 is 30.6 Å². The Morgan fingerprint density at radius 3 is 1.96 bits per heavy atom. The molecule has 2 aromatic carbocycles. The van der Waals surface area contributed by atoms with Gasteiger partial charge in [-0.3, -0.25) is 9.59 Å². The molecule has 54 heavy (non-hydrogen) atoms. The van der Waals surface area contributed by atoms with Crippen LogP contribution in [-0.4, -0.2) is 97.3 Å². The Bertz CT molecular complexity index is 1790. The van der Waals surface area contributed by atoms with Crippen LogP contribution in [0.4, 0.5) is 11.4 Å². The van der Waals surface area contributed by atoms with E-state index in [1.54, 1.807) is 27.7 Å². The molecular weight excluding hydrogens is 717 g/mol. The Hall–Kier alpha value is -4.62. The Kier molecular flexibility index (Phi) is 16.5. The lowest BCUT2D eigenvalue weighted by atomic mass is 10.1. The summed E-state index contributed by atoms with van der Waals surface area (Å²) < 4.78 is 1.93. The Balaban J connectivity index is 0.951. The number of aliphatic hydroxyl groups excluding tert-OH is 2. The van der Waals surface area contributed by atoms with Gasteiger partial charge >= 0.3 is 0 Å². The molecule has 0 spiro atoms. The molecule has 2 fully saturated rings. The molecule has 2 aliphatic rings. The first kappa shape index (κ1) is 40.6. The number of rotatable bonds is 19. The van der Waals surface area contributed by atoms with Crippen molar-refractivity contribution in [2.75, 3.05) is 67.1 Å². The maximum atomic E-state index is 12.7. The summed E-state index contributed by atoms with van der Waals surface area (Å²) in [6, 6.07) is 22.4. The van der Waals surface area contributed by atoms with E-state index in [2.05, 4.69) is 68.4 Å². The number of hydrogen-bond donors (Lipinski definition) is 5. The Morgan fingerprint density at radius 2 is 1.39 bits per heavy atom. The largest absolute Gasteiger partial charge is 0.391 e. The van der Waals surface area contributed by atoms with Crippen molar-refractivity contribution in [1.82, 2.24) is 10.6 Å². The van der Waals surface area contributed by atoms with E-state index in [-0.39, 0.29) is 37.1 Å². The highest BCUT2D eigenvalue weighted by Gasteiger charge is 2.21. The molecule has 5 rings (SSSR count). The molecule has 2 aliphatic heterocycles. The average Bonchev–Trinajstić information content (AvgIpc) is 3.83. The molecule has 0 saturated carbocycles. The Morgan fingerprint density at radius 1 is 0.796 bits per heavy atom. The third kappa shape index (κ3) is 13.7. The highest BCUT2D eigenvalue weighted by Crippen LogP contribution is 2.23. The van der Waals surface area contributed by atoms with Crippen LogP contribution in [0, 0.1) is 0 Å². The standard InChI is InChI=1S/C42H50N6O4S2/c1-2-3-6-35(14-8-33-10-16-37(17-11-33)47-25-20-39(49)30-47)45-29-41(51)43-22-27-53-54-28-23-44-42(52)32-46-24-5-4-7-36(46)15-9-34-12-18-38(19-13-34)48-26-21-40(50)31-48/h2-19,24,39-40,49-50H,1,20-23,25-32H2,(H-,43,44,51,52)/p+2/b6-3-,14-8+,45-35?. The first-order valence-corrected chi connectivity index (χ1v) is 20.9. The third-order valence-corrected chi connectivity index (χ3v) is 11.4. The van der Waals surface area contributed by atoms with Crippen molar-refractivity contribution in [2.24, 2.45) is 0 Å². The molecule has 10 nitrogen and oxygen atoms in total. The van der Waals surface area contributed by atoms with Crippen LogP contribution in [0.1, 0.15) is 29.7 Å². The number of carbonyl (C=O) groups is 2. The summed E-state index contributed by atoms with van der Waals surface area (Å²) >= 11 is 0. The third-order valence-electron chi connectivity index (χ3n) is 9.00. The SMILES string of the molecule is C=C/C=C\C(/C=C/c1ccc(N2CCC(O)C2)cc1)=[NH+]CC(=O)NCCSSCCNC(=O)C[n+]1ccccc1/C=C/c1ccc(N2CCC(O)C2)cc1. The quantitative estimate of drug-likeness (QED) is 0.0416. The highest BCUT2D eigenvalue weighted by molar-refractivity contribution is 8.76. The van der Waals surface area contributed by atoms with Crippen LogP contribution in [0.5, 0.6) is 0 Å². The van der Waals surface area contributed by atoms with Crippen molar-refractivity contribution in [3.63, 3.8) is 0 Å². The molecule has 0 aliphatic carbocycles. The van der Waals surface area contributed by atoms with Crippen LogP contribution < -0.4 is 30.0 Å². The number of allylic oxidation sites excluding steroid dienone is 4. The van der Waals surface area contributed by atoms with E-state index >= 15 is 0 Å². The van der Waals surface area contributed by atoms with E-state index in [4.69, 9.17) is 0 Å². The van der Waals surface area contributed by atoms with Gasteiger partial charge in [-0.05, 0) is 66.5 Å². The predicted octanol–water partition coefficient (Wildman–Crippen LogP) is 2.88. The molecule has 12 heteroatoms. The lowest BCUT2D eigenvalue weighted by Gasteiger charge is -2.17. The zero-order valence-corrected chi connectivity index (χ0v) is 32.3. The minimum Gasteiger partial charge on any atom is -0.391 e. The van der Waals surface area contributed by atoms with Gasteiger partial charge in [-0.25, -0.2) is 4.99 Å². The Labute approximate surface area is 326 Å². The first-order chi connectivity index (χ1) is 26.4. The minimum atomic E-state index is -0.256. The van der Waals surface area contributed by atoms with E-state index in [0.29, 0.717) is 26.2 Å². The predicted molar refractivity (Wildman–Crippen MR) is 224 cm³/mol. The second-order valence-electron chi connectivity index (χ2n) is 13.1.